The molecule has 118 valence electrons. The molecule has 2 unspecified atom stereocenters. The Morgan fingerprint density at radius 3 is 2.24 bits per heavy atom. The molecule has 1 aromatic rings. The smallest absolute Gasteiger partial charge is 0.146 e. The Labute approximate surface area is 131 Å². The van der Waals surface area contributed by atoms with Gasteiger partial charge in [-0.3, -0.25) is 4.79 Å². The van der Waals surface area contributed by atoms with Crippen molar-refractivity contribution in [1.29, 1.82) is 0 Å². The summed E-state index contributed by atoms with van der Waals surface area (Å²) < 4.78 is 0. The van der Waals surface area contributed by atoms with Gasteiger partial charge >= 0.3 is 0 Å². The number of rotatable bonds is 10. The van der Waals surface area contributed by atoms with Crippen LogP contribution in [0.25, 0.3) is 0 Å². The fourth-order valence-electron chi connectivity index (χ4n) is 3.26. The molecule has 21 heavy (non-hydrogen) atoms. The molecule has 0 amide bonds. The molecule has 1 aromatic carbocycles. The lowest BCUT2D eigenvalue weighted by Crippen LogP contribution is -2.37. The average molecular weight is 288 g/mol. The molecule has 0 heterocycles. The topological polar surface area (TPSA) is 17.1 Å². The molecule has 0 aliphatic carbocycles. The molecule has 0 aromatic heterocycles. The third-order valence-electron chi connectivity index (χ3n) is 4.74. The maximum absolute atomic E-state index is 13.2. The van der Waals surface area contributed by atoms with Crippen molar-refractivity contribution in [3.05, 3.63) is 35.9 Å². The SMILES string of the molecule is CCCCCC(C)(C(=O)C(CC)CCC)c1ccccc1. The highest BCUT2D eigenvalue weighted by Gasteiger charge is 2.37. The van der Waals surface area contributed by atoms with Crippen molar-refractivity contribution in [3.8, 4) is 0 Å². The Bertz CT molecular complexity index is 409. The zero-order valence-corrected chi connectivity index (χ0v) is 14.3. The van der Waals surface area contributed by atoms with Crippen LogP contribution in [0.1, 0.15) is 78.2 Å². The first-order chi connectivity index (χ1) is 10.1. The van der Waals surface area contributed by atoms with Crippen LogP contribution in [0.2, 0.25) is 0 Å². The van der Waals surface area contributed by atoms with E-state index in [-0.39, 0.29) is 11.3 Å². The molecule has 0 bridgehead atoms. The summed E-state index contributed by atoms with van der Waals surface area (Å²) in [5.74, 6) is 0.663. The van der Waals surface area contributed by atoms with Crippen molar-refractivity contribution < 1.29 is 4.79 Å². The van der Waals surface area contributed by atoms with E-state index in [1.165, 1.54) is 18.4 Å². The number of unbranched alkanes of at least 4 members (excludes halogenated alkanes) is 2. The van der Waals surface area contributed by atoms with E-state index in [1.54, 1.807) is 0 Å². The Balaban J connectivity index is 3.03. The second-order valence-corrected chi connectivity index (χ2v) is 6.41. The van der Waals surface area contributed by atoms with Crippen LogP contribution in [-0.2, 0) is 10.2 Å². The van der Waals surface area contributed by atoms with Crippen molar-refractivity contribution in [1.82, 2.24) is 0 Å². The van der Waals surface area contributed by atoms with Crippen LogP contribution in [0.5, 0.6) is 0 Å². The molecule has 0 saturated carbocycles. The predicted octanol–water partition coefficient (Wildman–Crippen LogP) is 5.92. The van der Waals surface area contributed by atoms with Gasteiger partial charge in [0.1, 0.15) is 5.78 Å². The summed E-state index contributed by atoms with van der Waals surface area (Å²) >= 11 is 0. The Kier molecular flexibility index (Phi) is 7.71. The van der Waals surface area contributed by atoms with E-state index in [9.17, 15) is 4.79 Å². The standard InChI is InChI=1S/C20H32O/c1-5-8-12-16-20(4,18-14-10-9-11-15-18)19(21)17(7-3)13-6-2/h9-11,14-15,17H,5-8,12-13,16H2,1-4H3. The maximum Gasteiger partial charge on any atom is 0.146 e. The van der Waals surface area contributed by atoms with Gasteiger partial charge in [-0.25, -0.2) is 0 Å². The van der Waals surface area contributed by atoms with Crippen molar-refractivity contribution in [2.75, 3.05) is 0 Å². The van der Waals surface area contributed by atoms with Crippen LogP contribution in [0.4, 0.5) is 0 Å². The third kappa shape index (κ3) is 4.69. The van der Waals surface area contributed by atoms with E-state index in [0.717, 1.165) is 32.1 Å². The van der Waals surface area contributed by atoms with Gasteiger partial charge in [-0.15, -0.1) is 0 Å². The van der Waals surface area contributed by atoms with Crippen LogP contribution in [0, 0.1) is 5.92 Å². The van der Waals surface area contributed by atoms with Crippen LogP contribution in [0.3, 0.4) is 0 Å². The van der Waals surface area contributed by atoms with Gasteiger partial charge in [-0.1, -0.05) is 76.8 Å². The number of hydrogen-bond acceptors (Lipinski definition) is 1. The monoisotopic (exact) mass is 288 g/mol. The van der Waals surface area contributed by atoms with Gasteiger partial charge in [-0.2, -0.15) is 0 Å². The molecular formula is C20H32O. The largest absolute Gasteiger partial charge is 0.298 e. The van der Waals surface area contributed by atoms with Gasteiger partial charge in [-0.05, 0) is 31.7 Å². The molecule has 0 fully saturated rings. The predicted molar refractivity (Wildman–Crippen MR) is 91.6 cm³/mol. The minimum absolute atomic E-state index is 0.210. The van der Waals surface area contributed by atoms with Crippen molar-refractivity contribution >= 4 is 5.78 Å². The lowest BCUT2D eigenvalue weighted by atomic mass is 9.69. The number of carbonyl (C=O) groups is 1. The molecule has 0 saturated heterocycles. The van der Waals surface area contributed by atoms with Crippen molar-refractivity contribution in [3.63, 3.8) is 0 Å². The summed E-state index contributed by atoms with van der Waals surface area (Å²) in [6.45, 7) is 8.70. The first kappa shape index (κ1) is 17.9. The minimum Gasteiger partial charge on any atom is -0.298 e. The summed E-state index contributed by atoms with van der Waals surface area (Å²) in [7, 11) is 0. The van der Waals surface area contributed by atoms with E-state index in [1.807, 2.05) is 6.07 Å². The summed E-state index contributed by atoms with van der Waals surface area (Å²) in [5, 5.41) is 0. The molecule has 1 rings (SSSR count). The van der Waals surface area contributed by atoms with Crippen molar-refractivity contribution in [2.24, 2.45) is 5.92 Å². The van der Waals surface area contributed by atoms with Gasteiger partial charge in [0.25, 0.3) is 0 Å². The van der Waals surface area contributed by atoms with E-state index >= 15 is 0 Å². The number of carbonyl (C=O) groups excluding carboxylic acids is 1. The van der Waals surface area contributed by atoms with Crippen molar-refractivity contribution in [2.45, 2.75) is 78.1 Å². The fraction of sp³-hybridized carbons (Fsp3) is 0.650. The van der Waals surface area contributed by atoms with E-state index in [0.29, 0.717) is 5.78 Å². The minimum atomic E-state index is -0.313. The van der Waals surface area contributed by atoms with Gasteiger partial charge in [0.05, 0.1) is 5.41 Å². The summed E-state index contributed by atoms with van der Waals surface area (Å²) in [6, 6.07) is 10.4. The number of Topliss-reactive ketones (excluding diaryl/α,β-unsaturated/α-hetero) is 1. The van der Waals surface area contributed by atoms with Crippen LogP contribution in [0.15, 0.2) is 30.3 Å². The Morgan fingerprint density at radius 1 is 1.05 bits per heavy atom. The first-order valence-corrected chi connectivity index (χ1v) is 8.69. The third-order valence-corrected chi connectivity index (χ3v) is 4.74. The van der Waals surface area contributed by atoms with Crippen LogP contribution >= 0.6 is 0 Å². The van der Waals surface area contributed by atoms with E-state index in [2.05, 4.69) is 52.0 Å². The normalized spacial score (nSPS) is 15.4. The lowest BCUT2D eigenvalue weighted by Gasteiger charge is -2.32. The first-order valence-electron chi connectivity index (χ1n) is 8.69. The number of ketones is 1. The highest BCUT2D eigenvalue weighted by Crippen LogP contribution is 2.35. The molecule has 2 atom stereocenters. The molecule has 1 nitrogen and oxygen atoms in total. The van der Waals surface area contributed by atoms with Crippen LogP contribution in [-0.4, -0.2) is 5.78 Å². The molecule has 0 spiro atoms. The average Bonchev–Trinajstić information content (AvgIpc) is 2.52. The number of hydrogen-bond donors (Lipinski definition) is 0. The zero-order chi connectivity index (χ0) is 15.7. The Morgan fingerprint density at radius 2 is 1.71 bits per heavy atom. The molecule has 1 heteroatoms. The van der Waals surface area contributed by atoms with E-state index < -0.39 is 0 Å². The molecular weight excluding hydrogens is 256 g/mol. The fourth-order valence-corrected chi connectivity index (χ4v) is 3.26. The molecule has 0 N–H and O–H groups in total. The Hall–Kier alpha value is -1.11. The van der Waals surface area contributed by atoms with Crippen LogP contribution < -0.4 is 0 Å². The second kappa shape index (κ2) is 9.02. The van der Waals surface area contributed by atoms with Gasteiger partial charge < -0.3 is 0 Å². The van der Waals surface area contributed by atoms with Gasteiger partial charge in [0.2, 0.25) is 0 Å². The van der Waals surface area contributed by atoms with Gasteiger partial charge in [0, 0.05) is 5.92 Å². The quantitative estimate of drug-likeness (QED) is 0.488. The van der Waals surface area contributed by atoms with Gasteiger partial charge in [0.15, 0.2) is 0 Å². The molecule has 0 aliphatic rings. The second-order valence-electron chi connectivity index (χ2n) is 6.41. The molecule has 0 aliphatic heterocycles. The highest BCUT2D eigenvalue weighted by molar-refractivity contribution is 5.91. The van der Waals surface area contributed by atoms with E-state index in [4.69, 9.17) is 0 Å². The lowest BCUT2D eigenvalue weighted by molar-refractivity contribution is -0.128. The maximum atomic E-state index is 13.2. The molecule has 0 radical (unpaired) electrons. The zero-order valence-electron chi connectivity index (χ0n) is 14.3. The highest BCUT2D eigenvalue weighted by atomic mass is 16.1. The number of benzene rings is 1. The summed E-state index contributed by atoms with van der Waals surface area (Å²) in [4.78, 5) is 13.2. The summed E-state index contributed by atoms with van der Waals surface area (Å²) in [5.41, 5.74) is 0.882. The summed E-state index contributed by atoms with van der Waals surface area (Å²) in [6.07, 6.45) is 7.59.